The number of hydrogen-bond donors (Lipinski definition) is 0. The van der Waals surface area contributed by atoms with Gasteiger partial charge in [0.25, 0.3) is 0 Å². The Labute approximate surface area is 157 Å². The molecule has 25 heavy (non-hydrogen) atoms. The minimum atomic E-state index is -0.604. The largest absolute Gasteiger partial charge is 0.480 e. The second-order valence-electron chi connectivity index (χ2n) is 4.73. The summed E-state index contributed by atoms with van der Waals surface area (Å²) in [5, 5.41) is 8.18. The fourth-order valence-electron chi connectivity index (χ4n) is 1.88. The minimum absolute atomic E-state index is 0.236. The molecule has 0 aliphatic rings. The van der Waals surface area contributed by atoms with Crippen molar-refractivity contribution in [3.63, 3.8) is 0 Å². The van der Waals surface area contributed by atoms with E-state index in [2.05, 4.69) is 10.2 Å². The van der Waals surface area contributed by atoms with Gasteiger partial charge in [0.2, 0.25) is 12.3 Å². The van der Waals surface area contributed by atoms with Crippen LogP contribution in [-0.4, -0.2) is 22.8 Å². The average Bonchev–Trinajstić information content (AvgIpc) is 3.12. The zero-order valence-electron chi connectivity index (χ0n) is 12.4. The smallest absolute Gasteiger partial charge is 0.349 e. The number of carbonyl (C=O) groups is 1. The van der Waals surface area contributed by atoms with Gasteiger partial charge in [-0.3, -0.25) is 0 Å². The Hall–Kier alpha value is -2.28. The zero-order valence-corrected chi connectivity index (χ0v) is 14.7. The first-order valence-electron chi connectivity index (χ1n) is 6.87. The lowest BCUT2D eigenvalue weighted by Gasteiger charge is -2.09. The summed E-state index contributed by atoms with van der Waals surface area (Å²) in [6, 6.07) is 9.44. The van der Waals surface area contributed by atoms with Crippen molar-refractivity contribution in [2.75, 3.05) is 6.61 Å². The highest BCUT2D eigenvalue weighted by Gasteiger charge is 2.11. The van der Waals surface area contributed by atoms with Crippen LogP contribution in [0.25, 0.3) is 11.5 Å². The average molecular weight is 400 g/mol. The molecule has 0 N–H and O–H groups in total. The maximum Gasteiger partial charge on any atom is 0.349 e. The van der Waals surface area contributed by atoms with Crippen molar-refractivity contribution in [1.82, 2.24) is 10.2 Å². The van der Waals surface area contributed by atoms with Crippen molar-refractivity contribution in [1.29, 1.82) is 0 Å². The summed E-state index contributed by atoms with van der Waals surface area (Å²) in [6.07, 6.45) is 1.23. The standard InChI is InChI=1S/C16H9Cl3N2O4/c17-11-5-13(19)14(6-12(11)18)23-7-15(22)25-10-3-1-9(2-4-10)16-21-20-8-24-16/h1-6,8H,7H2. The Morgan fingerprint density at radius 1 is 1.04 bits per heavy atom. The third-order valence-electron chi connectivity index (χ3n) is 3.01. The van der Waals surface area contributed by atoms with Gasteiger partial charge >= 0.3 is 5.97 Å². The molecule has 0 amide bonds. The van der Waals surface area contributed by atoms with Gasteiger partial charge in [-0.2, -0.15) is 0 Å². The summed E-state index contributed by atoms with van der Waals surface area (Å²) in [4.78, 5) is 11.9. The summed E-state index contributed by atoms with van der Waals surface area (Å²) in [6.45, 7) is -0.344. The van der Waals surface area contributed by atoms with Gasteiger partial charge in [0.15, 0.2) is 6.61 Å². The van der Waals surface area contributed by atoms with Crippen LogP contribution < -0.4 is 9.47 Å². The molecular weight excluding hydrogens is 391 g/mol. The molecule has 0 unspecified atom stereocenters. The second kappa shape index (κ2) is 7.74. The summed E-state index contributed by atoms with van der Waals surface area (Å²) in [5.41, 5.74) is 0.705. The first-order valence-corrected chi connectivity index (χ1v) is 8.01. The molecule has 0 aliphatic carbocycles. The van der Waals surface area contributed by atoms with Crippen molar-refractivity contribution >= 4 is 40.8 Å². The summed E-state index contributed by atoms with van der Waals surface area (Å²) in [7, 11) is 0. The topological polar surface area (TPSA) is 74.5 Å². The summed E-state index contributed by atoms with van der Waals surface area (Å²) < 4.78 is 15.6. The molecule has 0 spiro atoms. The number of nitrogens with zero attached hydrogens (tertiary/aromatic N) is 2. The predicted octanol–water partition coefficient (Wildman–Crippen LogP) is 4.68. The number of benzene rings is 2. The Morgan fingerprint density at radius 2 is 1.76 bits per heavy atom. The normalized spacial score (nSPS) is 10.5. The molecule has 0 saturated heterocycles. The summed E-state index contributed by atoms with van der Waals surface area (Å²) >= 11 is 17.7. The predicted molar refractivity (Wildman–Crippen MR) is 92.3 cm³/mol. The SMILES string of the molecule is O=C(COc1cc(Cl)c(Cl)cc1Cl)Oc1ccc(-c2nnco2)cc1. The molecule has 1 heterocycles. The quantitative estimate of drug-likeness (QED) is 0.352. The van der Waals surface area contributed by atoms with Crippen molar-refractivity contribution in [3.05, 3.63) is 57.9 Å². The van der Waals surface area contributed by atoms with Crippen LogP contribution in [0.4, 0.5) is 0 Å². The van der Waals surface area contributed by atoms with E-state index in [1.54, 1.807) is 24.3 Å². The molecule has 0 saturated carbocycles. The summed E-state index contributed by atoms with van der Waals surface area (Å²) in [5.74, 6) is 0.347. The monoisotopic (exact) mass is 398 g/mol. The van der Waals surface area contributed by atoms with Crippen molar-refractivity contribution in [2.45, 2.75) is 0 Å². The van der Waals surface area contributed by atoms with E-state index in [1.165, 1.54) is 18.5 Å². The lowest BCUT2D eigenvalue weighted by atomic mass is 10.2. The van der Waals surface area contributed by atoms with Gasteiger partial charge in [-0.1, -0.05) is 34.8 Å². The van der Waals surface area contributed by atoms with Gasteiger partial charge in [0.1, 0.15) is 11.5 Å². The second-order valence-corrected chi connectivity index (χ2v) is 5.95. The molecule has 0 aliphatic heterocycles. The van der Waals surface area contributed by atoms with Crippen LogP contribution in [0.5, 0.6) is 11.5 Å². The van der Waals surface area contributed by atoms with Crippen molar-refractivity contribution in [3.8, 4) is 23.0 Å². The Morgan fingerprint density at radius 3 is 2.44 bits per heavy atom. The van der Waals surface area contributed by atoms with E-state index in [4.69, 9.17) is 48.7 Å². The molecule has 9 heteroatoms. The first-order chi connectivity index (χ1) is 12.0. The number of esters is 1. The fourth-order valence-corrected chi connectivity index (χ4v) is 2.47. The highest BCUT2D eigenvalue weighted by molar-refractivity contribution is 6.43. The van der Waals surface area contributed by atoms with E-state index in [1.807, 2.05) is 0 Å². The molecule has 6 nitrogen and oxygen atoms in total. The Kier molecular flexibility index (Phi) is 5.43. The highest BCUT2D eigenvalue weighted by Crippen LogP contribution is 2.33. The van der Waals surface area contributed by atoms with Crippen molar-refractivity contribution in [2.24, 2.45) is 0 Å². The lowest BCUT2D eigenvalue weighted by molar-refractivity contribution is -0.136. The molecule has 0 bridgehead atoms. The third kappa shape index (κ3) is 4.42. The molecule has 2 aromatic carbocycles. The molecule has 0 radical (unpaired) electrons. The maximum atomic E-state index is 11.9. The van der Waals surface area contributed by atoms with Crippen LogP contribution in [0.3, 0.4) is 0 Å². The van der Waals surface area contributed by atoms with E-state index in [0.29, 0.717) is 22.2 Å². The molecule has 3 aromatic rings. The highest BCUT2D eigenvalue weighted by atomic mass is 35.5. The number of rotatable bonds is 5. The van der Waals surface area contributed by atoms with E-state index < -0.39 is 5.97 Å². The number of hydrogen-bond acceptors (Lipinski definition) is 6. The molecule has 128 valence electrons. The fraction of sp³-hybridized carbons (Fsp3) is 0.0625. The number of halogens is 3. The van der Waals surface area contributed by atoms with Crippen LogP contribution in [-0.2, 0) is 4.79 Å². The molecule has 3 rings (SSSR count). The lowest BCUT2D eigenvalue weighted by Crippen LogP contribution is -2.17. The van der Waals surface area contributed by atoms with E-state index in [0.717, 1.165) is 0 Å². The van der Waals surface area contributed by atoms with Crippen molar-refractivity contribution < 1.29 is 18.7 Å². The number of aromatic nitrogens is 2. The van der Waals surface area contributed by atoms with Gasteiger partial charge in [-0.05, 0) is 30.3 Å². The van der Waals surface area contributed by atoms with Crippen LogP contribution in [0.2, 0.25) is 15.1 Å². The molecule has 1 aromatic heterocycles. The first kappa shape index (κ1) is 17.5. The van der Waals surface area contributed by atoms with E-state index in [9.17, 15) is 4.79 Å². The Balaban J connectivity index is 1.58. The molecular formula is C16H9Cl3N2O4. The maximum absolute atomic E-state index is 11.9. The third-order valence-corrected chi connectivity index (χ3v) is 4.03. The van der Waals surface area contributed by atoms with Gasteiger partial charge in [0, 0.05) is 11.6 Å². The van der Waals surface area contributed by atoms with Crippen LogP contribution >= 0.6 is 34.8 Å². The van der Waals surface area contributed by atoms with Gasteiger partial charge in [-0.25, -0.2) is 4.79 Å². The zero-order chi connectivity index (χ0) is 17.8. The van der Waals surface area contributed by atoms with E-state index in [-0.39, 0.29) is 22.4 Å². The molecule has 0 atom stereocenters. The minimum Gasteiger partial charge on any atom is -0.480 e. The van der Waals surface area contributed by atoms with Gasteiger partial charge in [-0.15, -0.1) is 10.2 Å². The van der Waals surface area contributed by atoms with E-state index >= 15 is 0 Å². The number of ether oxygens (including phenoxy) is 2. The van der Waals surface area contributed by atoms with Crippen LogP contribution in [0.1, 0.15) is 0 Å². The van der Waals surface area contributed by atoms with Crippen LogP contribution in [0.15, 0.2) is 47.2 Å². The Bertz CT molecular complexity index is 883. The van der Waals surface area contributed by atoms with Gasteiger partial charge in [0.05, 0.1) is 15.1 Å². The van der Waals surface area contributed by atoms with Crippen LogP contribution in [0, 0.1) is 0 Å². The molecule has 0 fully saturated rings. The van der Waals surface area contributed by atoms with Gasteiger partial charge < -0.3 is 13.9 Å². The number of carbonyl (C=O) groups excluding carboxylic acids is 1.